The summed E-state index contributed by atoms with van der Waals surface area (Å²) >= 11 is 0. The molecule has 0 atom stereocenters. The van der Waals surface area contributed by atoms with Gasteiger partial charge in [0.25, 0.3) is 0 Å². The molecule has 0 amide bonds. The lowest BCUT2D eigenvalue weighted by molar-refractivity contribution is 0.806. The molecule has 5 aromatic carbocycles. The van der Waals surface area contributed by atoms with Gasteiger partial charge in [0.15, 0.2) is 0 Å². The predicted molar refractivity (Wildman–Crippen MR) is 222 cm³/mol. The topological polar surface area (TPSA) is 40.6 Å². The lowest BCUT2D eigenvalue weighted by Crippen LogP contribution is -2.08. The highest BCUT2D eigenvalue weighted by molar-refractivity contribution is 6.10. The second-order valence-corrected chi connectivity index (χ2v) is 15.6. The number of benzene rings is 5. The van der Waals surface area contributed by atoms with Gasteiger partial charge in [0.2, 0.25) is 0 Å². The van der Waals surface area contributed by atoms with Crippen LogP contribution in [0.5, 0.6) is 0 Å². The number of aromatic nitrogens is 5. The summed E-state index contributed by atoms with van der Waals surface area (Å²) in [5.41, 5.74) is 13.4. The Balaban J connectivity index is 1.31. The first-order valence-electron chi connectivity index (χ1n) is 19.1. The number of hydrogen-bond acceptors (Lipinski definition) is 2. The van der Waals surface area contributed by atoms with E-state index in [9.17, 15) is 0 Å². The van der Waals surface area contributed by atoms with Crippen LogP contribution in [-0.4, -0.2) is 23.7 Å². The third-order valence-corrected chi connectivity index (χ3v) is 10.7. The molecule has 0 bridgehead atoms. The maximum Gasteiger partial charge on any atom is 0.144 e. The van der Waals surface area contributed by atoms with E-state index in [4.69, 9.17) is 9.97 Å². The second kappa shape index (κ2) is 13.7. The fourth-order valence-corrected chi connectivity index (χ4v) is 8.15. The Hall–Kier alpha value is -5.68. The molecule has 0 aliphatic rings. The van der Waals surface area contributed by atoms with Crippen LogP contribution in [0.4, 0.5) is 0 Å². The van der Waals surface area contributed by atoms with Crippen LogP contribution < -0.4 is 0 Å². The van der Waals surface area contributed by atoms with Crippen LogP contribution in [0, 0.1) is 0 Å². The molecule has 0 N–H and O–H groups in total. The highest BCUT2D eigenvalue weighted by atomic mass is 15.1. The zero-order valence-corrected chi connectivity index (χ0v) is 32.2. The van der Waals surface area contributed by atoms with E-state index >= 15 is 0 Å². The molecule has 0 aliphatic carbocycles. The van der Waals surface area contributed by atoms with E-state index in [1.807, 2.05) is 12.4 Å². The van der Waals surface area contributed by atoms with Crippen molar-refractivity contribution < 1.29 is 0 Å². The number of nitrogens with zero attached hydrogens (tertiary/aromatic N) is 5. The minimum absolute atomic E-state index is 0.377. The molecule has 0 fully saturated rings. The molecular weight excluding hydrogens is 647 g/mol. The average molecular weight is 696 g/mol. The zero-order chi connectivity index (χ0) is 37.0. The summed E-state index contributed by atoms with van der Waals surface area (Å²) in [5, 5.41) is 2.44. The molecule has 0 saturated carbocycles. The van der Waals surface area contributed by atoms with Crippen molar-refractivity contribution in [3.05, 3.63) is 150 Å². The molecular formula is C48H49N5. The lowest BCUT2D eigenvalue weighted by atomic mass is 9.92. The van der Waals surface area contributed by atoms with Crippen molar-refractivity contribution in [2.45, 2.75) is 79.1 Å². The predicted octanol–water partition coefficient (Wildman–Crippen LogP) is 13.0. The van der Waals surface area contributed by atoms with Gasteiger partial charge in [0.05, 0.1) is 22.4 Å². The molecule has 0 aliphatic heterocycles. The van der Waals surface area contributed by atoms with Crippen LogP contribution in [0.15, 0.2) is 128 Å². The Morgan fingerprint density at radius 1 is 0.434 bits per heavy atom. The Morgan fingerprint density at radius 3 is 1.43 bits per heavy atom. The number of imidazole rings is 2. The monoisotopic (exact) mass is 695 g/mol. The summed E-state index contributed by atoms with van der Waals surface area (Å²) in [6, 6.07) is 37.8. The van der Waals surface area contributed by atoms with Crippen molar-refractivity contribution in [3.63, 3.8) is 0 Å². The summed E-state index contributed by atoms with van der Waals surface area (Å²) in [4.78, 5) is 9.97. The quantitative estimate of drug-likeness (QED) is 0.151. The first-order valence-corrected chi connectivity index (χ1v) is 19.1. The highest BCUT2D eigenvalue weighted by Crippen LogP contribution is 2.39. The van der Waals surface area contributed by atoms with E-state index in [1.165, 1.54) is 49.9 Å². The van der Waals surface area contributed by atoms with Gasteiger partial charge in [-0.1, -0.05) is 134 Å². The number of fused-ring (bicyclic) bond motifs is 3. The van der Waals surface area contributed by atoms with Crippen LogP contribution in [0.25, 0.3) is 61.6 Å². The molecule has 0 saturated heterocycles. The first kappa shape index (κ1) is 34.4. The van der Waals surface area contributed by atoms with Gasteiger partial charge in [-0.25, -0.2) is 9.97 Å². The minimum atomic E-state index is 0.377. The van der Waals surface area contributed by atoms with Crippen molar-refractivity contribution in [3.8, 4) is 39.8 Å². The summed E-state index contributed by atoms with van der Waals surface area (Å²) in [7, 11) is 0. The molecule has 5 nitrogen and oxygen atoms in total. The summed E-state index contributed by atoms with van der Waals surface area (Å²) in [5.74, 6) is 3.40. The van der Waals surface area contributed by atoms with Crippen molar-refractivity contribution >= 4 is 21.8 Å². The van der Waals surface area contributed by atoms with Crippen LogP contribution in [0.2, 0.25) is 0 Å². The third kappa shape index (κ3) is 5.89. The van der Waals surface area contributed by atoms with Crippen molar-refractivity contribution in [2.75, 3.05) is 0 Å². The Labute approximate surface area is 313 Å². The average Bonchev–Trinajstić information content (AvgIpc) is 3.92. The molecule has 5 heteroatoms. The first-order chi connectivity index (χ1) is 25.6. The van der Waals surface area contributed by atoms with Crippen molar-refractivity contribution in [2.24, 2.45) is 0 Å². The van der Waals surface area contributed by atoms with Crippen LogP contribution in [-0.2, 0) is 0 Å². The molecule has 8 aromatic rings. The number of hydrogen-bond donors (Lipinski definition) is 0. The van der Waals surface area contributed by atoms with Gasteiger partial charge >= 0.3 is 0 Å². The van der Waals surface area contributed by atoms with Crippen LogP contribution in [0.3, 0.4) is 0 Å². The van der Waals surface area contributed by atoms with E-state index in [2.05, 4.69) is 185 Å². The van der Waals surface area contributed by atoms with Crippen molar-refractivity contribution in [1.29, 1.82) is 0 Å². The molecule has 3 aromatic heterocycles. The number of para-hydroxylation sites is 3. The van der Waals surface area contributed by atoms with Crippen molar-refractivity contribution in [1.82, 2.24) is 23.7 Å². The van der Waals surface area contributed by atoms with Gasteiger partial charge in [-0.15, -0.1) is 0 Å². The Morgan fingerprint density at radius 2 is 0.906 bits per heavy atom. The highest BCUT2D eigenvalue weighted by Gasteiger charge is 2.22. The van der Waals surface area contributed by atoms with E-state index in [0.29, 0.717) is 23.7 Å². The van der Waals surface area contributed by atoms with Gasteiger partial charge in [-0.05, 0) is 70.2 Å². The molecule has 266 valence electrons. The summed E-state index contributed by atoms with van der Waals surface area (Å²) < 4.78 is 7.01. The molecule has 53 heavy (non-hydrogen) atoms. The molecule has 3 heterocycles. The maximum atomic E-state index is 4.99. The van der Waals surface area contributed by atoms with Gasteiger partial charge in [-0.3, -0.25) is 9.13 Å². The zero-order valence-electron chi connectivity index (χ0n) is 32.2. The van der Waals surface area contributed by atoms with Gasteiger partial charge in [0.1, 0.15) is 11.6 Å². The maximum absolute atomic E-state index is 4.99. The van der Waals surface area contributed by atoms with Crippen LogP contribution in [0.1, 0.15) is 101 Å². The fourth-order valence-electron chi connectivity index (χ4n) is 8.15. The van der Waals surface area contributed by atoms with Gasteiger partial charge < -0.3 is 4.57 Å². The second-order valence-electron chi connectivity index (χ2n) is 15.6. The molecule has 8 rings (SSSR count). The lowest BCUT2D eigenvalue weighted by Gasteiger charge is -2.22. The number of rotatable bonds is 9. The Kier molecular flexibility index (Phi) is 8.90. The standard InChI is InChI=1S/C48H49N5/c1-30(2)37-17-12-18-38(31(3)4)45(37)51-26-24-49-47(51)34-14-11-15-36(28-34)53-43-21-10-9-16-41(43)42-23-22-35(29-44(42)53)48-50-25-27-52(48)46-39(32(5)6)19-13-20-40(46)33(7)8/h9-33H,1-8H3. The van der Waals surface area contributed by atoms with Gasteiger partial charge in [-0.2, -0.15) is 0 Å². The van der Waals surface area contributed by atoms with E-state index < -0.39 is 0 Å². The summed E-state index contributed by atoms with van der Waals surface area (Å²) in [6.45, 7) is 18.2. The van der Waals surface area contributed by atoms with E-state index in [1.54, 1.807) is 0 Å². The third-order valence-electron chi connectivity index (χ3n) is 10.7. The molecule has 0 radical (unpaired) electrons. The summed E-state index contributed by atoms with van der Waals surface area (Å²) in [6.07, 6.45) is 8.10. The molecule has 0 spiro atoms. The smallest absolute Gasteiger partial charge is 0.144 e. The normalized spacial score (nSPS) is 12.1. The largest absolute Gasteiger partial charge is 0.309 e. The fraction of sp³-hybridized carbons (Fsp3) is 0.250. The molecule has 0 unspecified atom stereocenters. The van der Waals surface area contributed by atoms with E-state index in [-0.39, 0.29) is 0 Å². The SMILES string of the molecule is CC(C)c1cccc(C(C)C)c1-n1ccnc1-c1cccc(-n2c3ccccc3c3ccc(-c4nccn4-c4c(C(C)C)cccc4C(C)C)cc32)c1. The Bertz CT molecular complexity index is 2540. The van der Waals surface area contributed by atoms with Gasteiger partial charge in [0, 0.05) is 52.4 Å². The minimum Gasteiger partial charge on any atom is -0.309 e. The van der Waals surface area contributed by atoms with E-state index in [0.717, 1.165) is 34.0 Å². The van der Waals surface area contributed by atoms with Crippen LogP contribution >= 0.6 is 0 Å².